The predicted octanol–water partition coefficient (Wildman–Crippen LogP) is 2.17. The van der Waals surface area contributed by atoms with Crippen molar-refractivity contribution in [3.8, 4) is 0 Å². The van der Waals surface area contributed by atoms with E-state index in [2.05, 4.69) is 20.2 Å². The lowest BCUT2D eigenvalue weighted by molar-refractivity contribution is -0.144. The van der Waals surface area contributed by atoms with Crippen molar-refractivity contribution >= 4 is 54.7 Å². The van der Waals surface area contributed by atoms with Crippen LogP contribution in [0.5, 0.6) is 0 Å². The van der Waals surface area contributed by atoms with E-state index in [4.69, 9.17) is 21.9 Å². The number of alkyl halides is 6. The van der Waals surface area contributed by atoms with Crippen molar-refractivity contribution in [2.24, 2.45) is 10.3 Å². The molecule has 0 bridgehead atoms. The molecule has 0 unspecified atom stereocenters. The summed E-state index contributed by atoms with van der Waals surface area (Å²) in [5.41, 5.74) is -3.76. The van der Waals surface area contributed by atoms with E-state index in [0.29, 0.717) is 14.1 Å². The van der Waals surface area contributed by atoms with E-state index in [9.17, 15) is 43.2 Å². The summed E-state index contributed by atoms with van der Waals surface area (Å²) in [4.78, 5) is 6.38. The maximum atomic E-state index is 12.8. The molecule has 37 heavy (non-hydrogen) atoms. The van der Waals surface area contributed by atoms with Crippen LogP contribution in [0, 0.1) is 0 Å². The summed E-state index contributed by atoms with van der Waals surface area (Å²) in [5, 5.41) is 14.5. The van der Waals surface area contributed by atoms with Crippen molar-refractivity contribution in [1.82, 2.24) is 29.2 Å². The van der Waals surface area contributed by atoms with Crippen molar-refractivity contribution in [2.75, 3.05) is 6.26 Å². The number of aromatic nitrogens is 6. The monoisotopic (exact) mass is 612 g/mol. The molecule has 0 radical (unpaired) electrons. The van der Waals surface area contributed by atoms with Crippen LogP contribution in [0.1, 0.15) is 11.4 Å². The van der Waals surface area contributed by atoms with Crippen molar-refractivity contribution in [2.45, 2.75) is 27.4 Å². The maximum absolute atomic E-state index is 12.8. The number of rotatable bonds is 3. The lowest BCUT2D eigenvalue weighted by Gasteiger charge is -2.05. The summed E-state index contributed by atoms with van der Waals surface area (Å²) in [6.45, 7) is 0. The summed E-state index contributed by atoms with van der Waals surface area (Å²) in [7, 11) is -9.27. The van der Waals surface area contributed by atoms with Crippen molar-refractivity contribution < 1.29 is 43.2 Å². The number of hydrogen-bond donors (Lipinski definition) is 2. The number of nitrogens with two attached hydrogens (primary N) is 2. The Labute approximate surface area is 211 Å². The Morgan fingerprint density at radius 1 is 0.784 bits per heavy atom. The molecular formula is C15H11ClF6N8O4S3. The molecule has 0 saturated carbocycles. The van der Waals surface area contributed by atoms with Gasteiger partial charge in [0.25, 0.3) is 20.0 Å². The molecule has 12 nitrogen and oxygen atoms in total. The molecule has 0 aliphatic carbocycles. The Hall–Kier alpha value is -2.72. The van der Waals surface area contributed by atoms with Gasteiger partial charge in [-0.25, -0.2) is 37.1 Å². The minimum absolute atomic E-state index is 0.196. The first kappa shape index (κ1) is 28.8. The first-order valence-electron chi connectivity index (χ1n) is 8.94. The average molecular weight is 613 g/mol. The standard InChI is InChI=1S/C8H7F3N4O2S2.C7H4ClF3N4O2S/c1-18-5-3-2-4-13-6(8(9,10)11)7(15(4)14-5)19(12,16)17;8-3-1-2-4-13-5(7(9,10)11)6(15(4)14-3)18(12,16)17/h2-3H,1H3,(H2,12,16,17);1-2H,(H2,12,16,17). The van der Waals surface area contributed by atoms with Crippen LogP contribution in [0.2, 0.25) is 5.15 Å². The Bertz CT molecular complexity index is 1720. The second-order valence-corrected chi connectivity index (χ2v) is 10.9. The van der Waals surface area contributed by atoms with Crippen LogP contribution in [-0.2, 0) is 32.4 Å². The van der Waals surface area contributed by atoms with E-state index in [-0.39, 0.29) is 16.4 Å². The van der Waals surface area contributed by atoms with Crippen LogP contribution in [0.25, 0.3) is 11.3 Å². The largest absolute Gasteiger partial charge is 0.436 e. The van der Waals surface area contributed by atoms with Crippen molar-refractivity contribution in [3.05, 3.63) is 40.8 Å². The average Bonchev–Trinajstić information content (AvgIpc) is 3.31. The third kappa shape index (κ3) is 6.06. The van der Waals surface area contributed by atoms with Crippen LogP contribution >= 0.6 is 23.4 Å². The van der Waals surface area contributed by atoms with Gasteiger partial charge in [-0.2, -0.15) is 45.6 Å². The highest BCUT2D eigenvalue weighted by atomic mass is 35.5. The highest BCUT2D eigenvalue weighted by Gasteiger charge is 2.43. The SMILES string of the molecule is CSc1ccc2nc(C(F)(F)F)c(S(N)(=O)=O)n2n1.NS(=O)(=O)c1c(C(F)(F)F)nc2ccc(Cl)nn12. The third-order valence-corrected chi connectivity index (χ3v) is 6.75. The molecule has 0 atom stereocenters. The molecule has 0 aromatic carbocycles. The normalized spacial score (nSPS) is 13.1. The zero-order valence-electron chi connectivity index (χ0n) is 17.7. The molecule has 4 aromatic heterocycles. The number of halogens is 7. The smallest absolute Gasteiger partial charge is 0.223 e. The molecule has 0 spiro atoms. The van der Waals surface area contributed by atoms with Gasteiger partial charge < -0.3 is 0 Å². The summed E-state index contributed by atoms with van der Waals surface area (Å²) < 4.78 is 122. The minimum atomic E-state index is -4.97. The molecule has 4 N–H and O–H groups in total. The second kappa shape index (κ2) is 9.54. The van der Waals surface area contributed by atoms with E-state index in [0.717, 1.165) is 17.8 Å². The molecule has 22 heteroatoms. The fourth-order valence-electron chi connectivity index (χ4n) is 2.78. The van der Waals surface area contributed by atoms with Gasteiger partial charge in [0.2, 0.25) is 10.1 Å². The van der Waals surface area contributed by atoms with Gasteiger partial charge in [-0.05, 0) is 30.5 Å². The van der Waals surface area contributed by atoms with Crippen LogP contribution in [0.4, 0.5) is 26.3 Å². The molecule has 202 valence electrons. The van der Waals surface area contributed by atoms with Crippen LogP contribution in [0.3, 0.4) is 0 Å². The first-order valence-corrected chi connectivity index (χ1v) is 13.6. The second-order valence-electron chi connectivity index (χ2n) is 6.69. The van der Waals surface area contributed by atoms with Gasteiger partial charge >= 0.3 is 12.4 Å². The fourth-order valence-corrected chi connectivity index (χ4v) is 4.89. The van der Waals surface area contributed by atoms with Gasteiger partial charge in [0.15, 0.2) is 22.7 Å². The first-order chi connectivity index (χ1) is 16.7. The number of fused-ring (bicyclic) bond motifs is 2. The Morgan fingerprint density at radius 3 is 1.57 bits per heavy atom. The van der Waals surface area contributed by atoms with E-state index >= 15 is 0 Å². The third-order valence-electron chi connectivity index (χ3n) is 4.10. The predicted molar refractivity (Wildman–Crippen MR) is 116 cm³/mol. The Balaban J connectivity index is 0.000000206. The lowest BCUT2D eigenvalue weighted by atomic mass is 10.5. The number of thioether (sulfide) groups is 1. The molecule has 4 heterocycles. The van der Waals surface area contributed by atoms with E-state index in [1.165, 1.54) is 18.2 Å². The minimum Gasteiger partial charge on any atom is -0.223 e. The zero-order valence-corrected chi connectivity index (χ0v) is 20.9. The molecule has 0 saturated heterocycles. The summed E-state index contributed by atoms with van der Waals surface area (Å²) >= 11 is 6.63. The Kier molecular flexibility index (Phi) is 7.44. The molecule has 4 rings (SSSR count). The molecular weight excluding hydrogens is 602 g/mol. The van der Waals surface area contributed by atoms with Crippen LogP contribution in [-0.4, -0.2) is 52.3 Å². The summed E-state index contributed by atoms with van der Waals surface area (Å²) in [5.74, 6) is 0. The zero-order chi connectivity index (χ0) is 28.1. The quantitative estimate of drug-likeness (QED) is 0.259. The molecule has 0 aliphatic heterocycles. The number of hydrogen-bond acceptors (Lipinski definition) is 9. The van der Waals surface area contributed by atoms with Gasteiger partial charge in [0, 0.05) is 0 Å². The van der Waals surface area contributed by atoms with Gasteiger partial charge in [-0.3, -0.25) is 0 Å². The van der Waals surface area contributed by atoms with Gasteiger partial charge in [-0.1, -0.05) is 11.6 Å². The molecule has 0 fully saturated rings. The number of primary sulfonamides is 2. The number of nitrogens with zero attached hydrogens (tertiary/aromatic N) is 6. The van der Waals surface area contributed by atoms with Crippen molar-refractivity contribution in [3.63, 3.8) is 0 Å². The van der Waals surface area contributed by atoms with Crippen LogP contribution in [0.15, 0.2) is 39.3 Å². The topological polar surface area (TPSA) is 181 Å². The highest BCUT2D eigenvalue weighted by molar-refractivity contribution is 7.98. The fraction of sp³-hybridized carbons (Fsp3) is 0.200. The van der Waals surface area contributed by atoms with E-state index < -0.39 is 53.8 Å². The summed E-state index contributed by atoms with van der Waals surface area (Å²) in [6.07, 6.45) is -8.26. The highest BCUT2D eigenvalue weighted by Crippen LogP contribution is 2.34. The Morgan fingerprint density at radius 2 is 1.19 bits per heavy atom. The molecule has 0 amide bonds. The maximum Gasteiger partial charge on any atom is 0.436 e. The summed E-state index contributed by atoms with van der Waals surface area (Å²) in [6, 6.07) is 4.94. The molecule has 4 aromatic rings. The van der Waals surface area contributed by atoms with E-state index in [1.807, 2.05) is 0 Å². The lowest BCUT2D eigenvalue weighted by Crippen LogP contribution is -2.21. The van der Waals surface area contributed by atoms with Gasteiger partial charge in [0.1, 0.15) is 10.2 Å². The van der Waals surface area contributed by atoms with Crippen LogP contribution < -0.4 is 10.3 Å². The molecule has 0 aliphatic rings. The van der Waals surface area contributed by atoms with Crippen molar-refractivity contribution in [1.29, 1.82) is 0 Å². The number of sulfonamides is 2. The van der Waals surface area contributed by atoms with Gasteiger partial charge in [-0.15, -0.1) is 11.8 Å². The van der Waals surface area contributed by atoms with Gasteiger partial charge in [0.05, 0.1) is 0 Å². The van der Waals surface area contributed by atoms with E-state index in [1.54, 1.807) is 6.26 Å². The number of imidazole rings is 2.